The van der Waals surface area contributed by atoms with Gasteiger partial charge in [0.05, 0.1) is 4.47 Å². The molecule has 1 rings (SSSR count). The third-order valence-corrected chi connectivity index (χ3v) is 1.95. The Bertz CT molecular complexity index is 281. The number of hydrogen-bond acceptors (Lipinski definition) is 2. The highest BCUT2D eigenvalue weighted by Crippen LogP contribution is 2.08. The van der Waals surface area contributed by atoms with Gasteiger partial charge in [-0.15, -0.1) is 0 Å². The lowest BCUT2D eigenvalue weighted by Gasteiger charge is -1.96. The van der Waals surface area contributed by atoms with Gasteiger partial charge >= 0.3 is 0 Å². The minimum atomic E-state index is -0.136. The fraction of sp³-hybridized carbons (Fsp3) is 0.200. The molecule has 0 unspecified atom stereocenters. The average molecular weight is 268 g/mol. The molecule has 0 saturated carbocycles. The Morgan fingerprint density at radius 1 is 1.60 bits per heavy atom. The molecule has 0 N–H and O–H groups in total. The molecule has 0 amide bonds. The van der Waals surface area contributed by atoms with Gasteiger partial charge in [-0.05, 0) is 37.9 Å². The van der Waals surface area contributed by atoms with E-state index in [0.29, 0.717) is 9.08 Å². The molecule has 0 aliphatic heterocycles. The summed E-state index contributed by atoms with van der Waals surface area (Å²) in [5, 5.41) is 3.82. The van der Waals surface area contributed by atoms with Crippen LogP contribution >= 0.6 is 31.9 Å². The smallest absolute Gasteiger partial charge is 0.267 e. The molecule has 0 saturated heterocycles. The Labute approximate surface area is 74.3 Å². The van der Waals surface area contributed by atoms with Crippen LogP contribution in [0, 0.1) is 0 Å². The maximum atomic E-state index is 11.0. The molecule has 0 atom stereocenters. The highest BCUT2D eigenvalue weighted by Gasteiger charge is 1.98. The fourth-order valence-electron chi connectivity index (χ4n) is 0.538. The van der Waals surface area contributed by atoms with Crippen LogP contribution in [0.4, 0.5) is 0 Å². The Hall–Kier alpha value is -0.160. The van der Waals surface area contributed by atoms with Crippen LogP contribution < -0.4 is 5.56 Å². The minimum absolute atomic E-state index is 0.136. The lowest BCUT2D eigenvalue weighted by atomic mass is 10.6. The second-order valence-electron chi connectivity index (χ2n) is 1.74. The molecule has 0 bridgehead atoms. The third-order valence-electron chi connectivity index (χ3n) is 0.990. The maximum absolute atomic E-state index is 11.0. The second kappa shape index (κ2) is 2.84. The number of rotatable bonds is 0. The van der Waals surface area contributed by atoms with E-state index in [4.69, 9.17) is 0 Å². The van der Waals surface area contributed by atoms with E-state index in [0.717, 1.165) is 0 Å². The summed E-state index contributed by atoms with van der Waals surface area (Å²) in [6.07, 6.45) is 0. The molecule has 0 aliphatic carbocycles. The van der Waals surface area contributed by atoms with E-state index in [9.17, 15) is 4.79 Å². The molecule has 0 fully saturated rings. The molecule has 1 heterocycles. The number of hydrogen-bond donors (Lipinski definition) is 0. The number of aryl methyl sites for hydroxylation is 1. The fourth-order valence-corrected chi connectivity index (χ4v) is 1.79. The normalized spacial score (nSPS) is 9.90. The van der Waals surface area contributed by atoms with Gasteiger partial charge in [-0.1, -0.05) is 0 Å². The van der Waals surface area contributed by atoms with Crippen LogP contribution in [0.1, 0.15) is 0 Å². The summed E-state index contributed by atoms with van der Waals surface area (Å²) in [4.78, 5) is 11.0. The predicted molar refractivity (Wildman–Crippen MR) is 44.9 cm³/mol. The van der Waals surface area contributed by atoms with Gasteiger partial charge in [0, 0.05) is 7.05 Å². The highest BCUT2D eigenvalue weighted by molar-refractivity contribution is 9.11. The zero-order valence-corrected chi connectivity index (χ0v) is 8.31. The van der Waals surface area contributed by atoms with Gasteiger partial charge in [-0.25, -0.2) is 4.68 Å². The standard InChI is InChI=1S/C5H4Br2N2O/c1-9-5(10)3(6)2-4(7)8-9/h2H,1H3. The van der Waals surface area contributed by atoms with Crippen LogP contribution in [0.2, 0.25) is 0 Å². The minimum Gasteiger partial charge on any atom is -0.267 e. The molecule has 1 aromatic rings. The van der Waals surface area contributed by atoms with Gasteiger partial charge in [-0.3, -0.25) is 4.79 Å². The zero-order valence-electron chi connectivity index (χ0n) is 5.14. The van der Waals surface area contributed by atoms with Crippen molar-refractivity contribution >= 4 is 31.9 Å². The van der Waals surface area contributed by atoms with Crippen molar-refractivity contribution in [1.82, 2.24) is 9.78 Å². The van der Waals surface area contributed by atoms with Crippen molar-refractivity contribution in [2.75, 3.05) is 0 Å². The topological polar surface area (TPSA) is 34.9 Å². The summed E-state index contributed by atoms with van der Waals surface area (Å²) < 4.78 is 2.41. The van der Waals surface area contributed by atoms with E-state index >= 15 is 0 Å². The number of nitrogens with zero attached hydrogens (tertiary/aromatic N) is 2. The zero-order chi connectivity index (χ0) is 7.72. The Kier molecular flexibility index (Phi) is 2.25. The van der Waals surface area contributed by atoms with E-state index < -0.39 is 0 Å². The first-order valence-electron chi connectivity index (χ1n) is 2.50. The van der Waals surface area contributed by atoms with Crippen molar-refractivity contribution in [2.24, 2.45) is 7.05 Å². The Balaban J connectivity index is 3.46. The molecule has 0 spiro atoms. The van der Waals surface area contributed by atoms with Crippen LogP contribution in [0.25, 0.3) is 0 Å². The van der Waals surface area contributed by atoms with Crippen molar-refractivity contribution in [2.45, 2.75) is 0 Å². The molecular formula is C5H4Br2N2O. The van der Waals surface area contributed by atoms with Crippen LogP contribution in [-0.4, -0.2) is 9.78 Å². The summed E-state index contributed by atoms with van der Waals surface area (Å²) in [6.45, 7) is 0. The molecule has 54 valence electrons. The number of aromatic nitrogens is 2. The van der Waals surface area contributed by atoms with Crippen molar-refractivity contribution in [3.8, 4) is 0 Å². The largest absolute Gasteiger partial charge is 0.280 e. The quantitative estimate of drug-likeness (QED) is 0.710. The Morgan fingerprint density at radius 3 is 2.70 bits per heavy atom. The molecular weight excluding hydrogens is 264 g/mol. The van der Waals surface area contributed by atoms with Crippen LogP contribution in [0.15, 0.2) is 19.9 Å². The maximum Gasteiger partial charge on any atom is 0.280 e. The van der Waals surface area contributed by atoms with E-state index in [1.165, 1.54) is 4.68 Å². The highest BCUT2D eigenvalue weighted by atomic mass is 79.9. The molecule has 5 heteroatoms. The van der Waals surface area contributed by atoms with E-state index in [-0.39, 0.29) is 5.56 Å². The summed E-state index contributed by atoms with van der Waals surface area (Å²) in [6, 6.07) is 1.61. The van der Waals surface area contributed by atoms with Gasteiger partial charge in [0.25, 0.3) is 5.56 Å². The van der Waals surface area contributed by atoms with Gasteiger partial charge in [0.2, 0.25) is 0 Å². The molecule has 0 aliphatic rings. The monoisotopic (exact) mass is 266 g/mol. The molecule has 1 aromatic heterocycles. The van der Waals surface area contributed by atoms with E-state index in [2.05, 4.69) is 37.0 Å². The molecule has 10 heavy (non-hydrogen) atoms. The third kappa shape index (κ3) is 1.46. The van der Waals surface area contributed by atoms with Gasteiger partial charge in [-0.2, -0.15) is 5.10 Å². The first kappa shape index (κ1) is 7.94. The van der Waals surface area contributed by atoms with Crippen molar-refractivity contribution in [1.29, 1.82) is 0 Å². The summed E-state index contributed by atoms with van der Waals surface area (Å²) >= 11 is 6.24. The average Bonchev–Trinajstić information content (AvgIpc) is 1.82. The van der Waals surface area contributed by atoms with Crippen LogP contribution in [0.3, 0.4) is 0 Å². The van der Waals surface area contributed by atoms with Gasteiger partial charge in [0.1, 0.15) is 4.60 Å². The number of halogens is 2. The first-order valence-corrected chi connectivity index (χ1v) is 4.09. The van der Waals surface area contributed by atoms with Gasteiger partial charge < -0.3 is 0 Å². The van der Waals surface area contributed by atoms with Crippen molar-refractivity contribution < 1.29 is 0 Å². The van der Waals surface area contributed by atoms with E-state index in [1.54, 1.807) is 13.1 Å². The molecule has 3 nitrogen and oxygen atoms in total. The van der Waals surface area contributed by atoms with Crippen molar-refractivity contribution in [3.05, 3.63) is 25.5 Å². The summed E-state index contributed by atoms with van der Waals surface area (Å²) in [5.74, 6) is 0. The first-order chi connectivity index (χ1) is 4.61. The van der Waals surface area contributed by atoms with Crippen molar-refractivity contribution in [3.63, 3.8) is 0 Å². The lowest BCUT2D eigenvalue weighted by molar-refractivity contribution is 0.692. The molecule has 0 radical (unpaired) electrons. The van der Waals surface area contributed by atoms with Crippen LogP contribution in [0.5, 0.6) is 0 Å². The SMILES string of the molecule is Cn1nc(Br)cc(Br)c1=O. The van der Waals surface area contributed by atoms with Gasteiger partial charge in [0.15, 0.2) is 0 Å². The van der Waals surface area contributed by atoms with Crippen LogP contribution in [-0.2, 0) is 7.05 Å². The summed E-state index contributed by atoms with van der Waals surface area (Å²) in [7, 11) is 1.60. The summed E-state index contributed by atoms with van der Waals surface area (Å²) in [5.41, 5.74) is -0.136. The second-order valence-corrected chi connectivity index (χ2v) is 3.41. The van der Waals surface area contributed by atoms with E-state index in [1.807, 2.05) is 0 Å². The Morgan fingerprint density at radius 2 is 2.20 bits per heavy atom. The predicted octanol–water partition coefficient (Wildman–Crippen LogP) is 1.31. The molecule has 0 aromatic carbocycles. The lowest BCUT2D eigenvalue weighted by Crippen LogP contribution is -2.19.